The average Bonchev–Trinajstić information content (AvgIpc) is 2.69. The summed E-state index contributed by atoms with van der Waals surface area (Å²) >= 11 is 0. The van der Waals surface area contributed by atoms with Gasteiger partial charge in [0.25, 0.3) is 11.8 Å². The van der Waals surface area contributed by atoms with Gasteiger partial charge in [0.2, 0.25) is 5.91 Å². The lowest BCUT2D eigenvalue weighted by Crippen LogP contribution is -2.44. The van der Waals surface area contributed by atoms with E-state index in [9.17, 15) is 14.4 Å². The zero-order chi connectivity index (χ0) is 20.8. The zero-order valence-electron chi connectivity index (χ0n) is 16.7. The van der Waals surface area contributed by atoms with Crippen molar-refractivity contribution in [3.63, 3.8) is 0 Å². The van der Waals surface area contributed by atoms with Gasteiger partial charge in [-0.1, -0.05) is 57.2 Å². The van der Waals surface area contributed by atoms with E-state index < -0.39 is 17.7 Å². The van der Waals surface area contributed by atoms with Gasteiger partial charge in [-0.25, -0.2) is 0 Å². The van der Waals surface area contributed by atoms with E-state index >= 15 is 0 Å². The third-order valence-corrected chi connectivity index (χ3v) is 5.19. The fourth-order valence-electron chi connectivity index (χ4n) is 3.62. The van der Waals surface area contributed by atoms with Crippen LogP contribution in [0.2, 0.25) is 0 Å². The van der Waals surface area contributed by atoms with Gasteiger partial charge in [0.1, 0.15) is 6.54 Å². The molecule has 0 aliphatic carbocycles. The van der Waals surface area contributed by atoms with Gasteiger partial charge in [-0.3, -0.25) is 19.3 Å². The van der Waals surface area contributed by atoms with E-state index in [4.69, 9.17) is 0 Å². The first kappa shape index (κ1) is 18.9. The SMILES string of the molecule is CC(C)(C)c1ccc(NC(=O)CN2C(=O)c3cccc4cccc(c34)C2=O)cc1. The van der Waals surface area contributed by atoms with Crippen LogP contribution in [0.1, 0.15) is 47.1 Å². The van der Waals surface area contributed by atoms with Crippen LogP contribution in [0.15, 0.2) is 60.7 Å². The first-order chi connectivity index (χ1) is 13.8. The summed E-state index contributed by atoms with van der Waals surface area (Å²) in [5.41, 5.74) is 2.69. The van der Waals surface area contributed by atoms with E-state index in [2.05, 4.69) is 26.1 Å². The molecule has 0 saturated heterocycles. The number of anilines is 1. The molecule has 4 rings (SSSR count). The molecule has 0 radical (unpaired) electrons. The van der Waals surface area contributed by atoms with Gasteiger partial charge in [-0.05, 0) is 40.6 Å². The number of benzene rings is 3. The van der Waals surface area contributed by atoms with Crippen molar-refractivity contribution in [1.82, 2.24) is 4.90 Å². The summed E-state index contributed by atoms with van der Waals surface area (Å²) in [5, 5.41) is 4.26. The smallest absolute Gasteiger partial charge is 0.261 e. The molecule has 0 saturated carbocycles. The number of nitrogens with one attached hydrogen (secondary N) is 1. The summed E-state index contributed by atoms with van der Waals surface area (Å²) in [4.78, 5) is 39.3. The van der Waals surface area contributed by atoms with E-state index in [0.717, 1.165) is 15.8 Å². The molecule has 0 aromatic heterocycles. The van der Waals surface area contributed by atoms with Crippen LogP contribution in [0, 0.1) is 0 Å². The molecular weight excluding hydrogens is 364 g/mol. The Balaban J connectivity index is 1.55. The molecule has 0 unspecified atom stereocenters. The maximum absolute atomic E-state index is 12.9. The van der Waals surface area contributed by atoms with Crippen molar-refractivity contribution in [2.75, 3.05) is 11.9 Å². The molecule has 0 atom stereocenters. The third kappa shape index (κ3) is 3.40. The van der Waals surface area contributed by atoms with Crippen LogP contribution in [0.25, 0.3) is 10.8 Å². The molecule has 3 amide bonds. The van der Waals surface area contributed by atoms with Gasteiger partial charge < -0.3 is 5.32 Å². The van der Waals surface area contributed by atoms with Crippen LogP contribution in [0.5, 0.6) is 0 Å². The second kappa shape index (κ2) is 6.85. The lowest BCUT2D eigenvalue weighted by atomic mass is 9.87. The quantitative estimate of drug-likeness (QED) is 0.680. The Morgan fingerprint density at radius 1 is 0.862 bits per heavy atom. The van der Waals surface area contributed by atoms with Crippen molar-refractivity contribution < 1.29 is 14.4 Å². The zero-order valence-corrected chi connectivity index (χ0v) is 16.7. The minimum Gasteiger partial charge on any atom is -0.325 e. The predicted molar refractivity (Wildman–Crippen MR) is 113 cm³/mol. The lowest BCUT2D eigenvalue weighted by Gasteiger charge is -2.26. The van der Waals surface area contributed by atoms with Crippen molar-refractivity contribution in [3.05, 3.63) is 77.4 Å². The first-order valence-corrected chi connectivity index (χ1v) is 9.54. The van der Waals surface area contributed by atoms with Crippen molar-refractivity contribution in [2.24, 2.45) is 0 Å². The Morgan fingerprint density at radius 3 is 1.93 bits per heavy atom. The Kier molecular flexibility index (Phi) is 4.46. The number of carbonyl (C=O) groups excluding carboxylic acids is 3. The van der Waals surface area contributed by atoms with Crippen LogP contribution in [0.3, 0.4) is 0 Å². The number of rotatable bonds is 3. The van der Waals surface area contributed by atoms with E-state index in [0.29, 0.717) is 22.2 Å². The number of imide groups is 1. The van der Waals surface area contributed by atoms with Crippen LogP contribution in [-0.2, 0) is 10.2 Å². The van der Waals surface area contributed by atoms with Crippen LogP contribution >= 0.6 is 0 Å². The van der Waals surface area contributed by atoms with Crippen LogP contribution in [-0.4, -0.2) is 29.2 Å². The summed E-state index contributed by atoms with van der Waals surface area (Å²) in [6.45, 7) is 6.02. The molecule has 0 fully saturated rings. The molecule has 1 aliphatic rings. The molecule has 5 heteroatoms. The van der Waals surface area contributed by atoms with Gasteiger partial charge in [0, 0.05) is 22.2 Å². The third-order valence-electron chi connectivity index (χ3n) is 5.19. The molecule has 1 aliphatic heterocycles. The summed E-state index contributed by atoms with van der Waals surface area (Å²) < 4.78 is 0. The van der Waals surface area contributed by atoms with Crippen LogP contribution in [0.4, 0.5) is 5.69 Å². The topological polar surface area (TPSA) is 66.5 Å². The van der Waals surface area contributed by atoms with Gasteiger partial charge in [-0.2, -0.15) is 0 Å². The van der Waals surface area contributed by atoms with E-state index in [1.165, 1.54) is 0 Å². The number of carbonyl (C=O) groups is 3. The second-order valence-corrected chi connectivity index (χ2v) is 8.28. The van der Waals surface area contributed by atoms with Gasteiger partial charge in [0.05, 0.1) is 0 Å². The summed E-state index contributed by atoms with van der Waals surface area (Å²) in [7, 11) is 0. The summed E-state index contributed by atoms with van der Waals surface area (Å²) in [6, 6.07) is 18.3. The number of hydrogen-bond acceptors (Lipinski definition) is 3. The average molecular weight is 386 g/mol. The molecule has 1 N–H and O–H groups in total. The Labute approximate surface area is 169 Å². The van der Waals surface area contributed by atoms with Crippen molar-refractivity contribution in [2.45, 2.75) is 26.2 Å². The molecule has 0 bridgehead atoms. The molecule has 1 heterocycles. The van der Waals surface area contributed by atoms with Crippen molar-refractivity contribution in [3.8, 4) is 0 Å². The second-order valence-electron chi connectivity index (χ2n) is 8.28. The largest absolute Gasteiger partial charge is 0.325 e. The highest BCUT2D eigenvalue weighted by atomic mass is 16.2. The fourth-order valence-corrected chi connectivity index (χ4v) is 3.62. The van der Waals surface area contributed by atoms with E-state index in [1.54, 1.807) is 24.3 Å². The highest BCUT2D eigenvalue weighted by Crippen LogP contribution is 2.30. The maximum atomic E-state index is 12.9. The summed E-state index contributed by atoms with van der Waals surface area (Å²) in [5.74, 6) is -1.31. The van der Waals surface area contributed by atoms with Crippen LogP contribution < -0.4 is 5.32 Å². The molecular formula is C24H22N2O3. The monoisotopic (exact) mass is 386 g/mol. The Hall–Kier alpha value is -3.47. The Morgan fingerprint density at radius 2 is 1.41 bits per heavy atom. The molecule has 146 valence electrons. The number of nitrogens with zero attached hydrogens (tertiary/aromatic N) is 1. The normalized spacial score (nSPS) is 13.7. The first-order valence-electron chi connectivity index (χ1n) is 9.54. The van der Waals surface area contributed by atoms with Crippen molar-refractivity contribution in [1.29, 1.82) is 0 Å². The standard InChI is InChI=1S/C24H22N2O3/c1-24(2,3)16-10-12-17(13-11-16)25-20(27)14-26-22(28)18-8-4-6-15-7-5-9-19(21(15)18)23(26)29/h4-13H,14H2,1-3H3,(H,25,27). The van der Waals surface area contributed by atoms with Crippen molar-refractivity contribution >= 4 is 34.2 Å². The number of amides is 3. The summed E-state index contributed by atoms with van der Waals surface area (Å²) in [6.07, 6.45) is 0. The van der Waals surface area contributed by atoms with E-state index in [-0.39, 0.29) is 12.0 Å². The van der Waals surface area contributed by atoms with Gasteiger partial charge in [-0.15, -0.1) is 0 Å². The lowest BCUT2D eigenvalue weighted by molar-refractivity contribution is -0.116. The molecule has 3 aromatic rings. The van der Waals surface area contributed by atoms with E-state index in [1.807, 2.05) is 36.4 Å². The molecule has 29 heavy (non-hydrogen) atoms. The predicted octanol–water partition coefficient (Wildman–Crippen LogP) is 4.37. The maximum Gasteiger partial charge on any atom is 0.261 e. The molecule has 0 spiro atoms. The molecule has 3 aromatic carbocycles. The highest BCUT2D eigenvalue weighted by Gasteiger charge is 2.33. The van der Waals surface area contributed by atoms with Gasteiger partial charge >= 0.3 is 0 Å². The fraction of sp³-hybridized carbons (Fsp3) is 0.208. The van der Waals surface area contributed by atoms with Gasteiger partial charge in [0.15, 0.2) is 0 Å². The minimum absolute atomic E-state index is 0.0174. The molecule has 5 nitrogen and oxygen atoms in total. The Bertz CT molecular complexity index is 1090. The minimum atomic E-state index is -0.447. The highest BCUT2D eigenvalue weighted by molar-refractivity contribution is 6.26. The number of hydrogen-bond donors (Lipinski definition) is 1.